The average molecular weight is 401 g/mol. The van der Waals surface area contributed by atoms with Crippen LogP contribution >= 0.6 is 0 Å². The molecule has 0 fully saturated rings. The van der Waals surface area contributed by atoms with Crippen LogP contribution in [0.25, 0.3) is 22.7 Å². The molecular weight excluding hydrogens is 392 g/mol. The zero-order valence-electron chi connectivity index (χ0n) is 13.6. The van der Waals surface area contributed by atoms with Crippen molar-refractivity contribution in [3.63, 3.8) is 0 Å². The first-order chi connectivity index (χ1) is 12.9. The molecule has 0 saturated heterocycles. The Hall–Kier alpha value is -3.30. The minimum Gasteiger partial charge on any atom is -0.478 e. The Morgan fingerprint density at radius 3 is 1.86 bits per heavy atom. The third-order valence-electron chi connectivity index (χ3n) is 3.77. The van der Waals surface area contributed by atoms with Gasteiger partial charge in [0.25, 0.3) is 0 Å². The Labute approximate surface area is 153 Å². The van der Waals surface area contributed by atoms with Crippen LogP contribution in [0.2, 0.25) is 0 Å². The topological polar surface area (TPSA) is 63.3 Å². The molecule has 0 unspecified atom stereocenters. The van der Waals surface area contributed by atoms with Crippen LogP contribution in [0.4, 0.5) is 26.3 Å². The monoisotopic (exact) mass is 401 g/mol. The fraction of sp³-hybridized carbons (Fsp3) is 0.111. The summed E-state index contributed by atoms with van der Waals surface area (Å²) in [6.07, 6.45) is -9.03. The lowest BCUT2D eigenvalue weighted by Crippen LogP contribution is -2.11. The van der Waals surface area contributed by atoms with Gasteiger partial charge in [0.05, 0.1) is 16.7 Å². The van der Waals surface area contributed by atoms with Gasteiger partial charge in [0.2, 0.25) is 5.89 Å². The van der Waals surface area contributed by atoms with Gasteiger partial charge in [0.1, 0.15) is 12.0 Å². The summed E-state index contributed by atoms with van der Waals surface area (Å²) in [7, 11) is 0. The van der Waals surface area contributed by atoms with Crippen LogP contribution in [0.1, 0.15) is 21.5 Å². The van der Waals surface area contributed by atoms with Crippen LogP contribution in [-0.2, 0) is 12.4 Å². The summed E-state index contributed by atoms with van der Waals surface area (Å²) in [6, 6.07) is 6.34. The van der Waals surface area contributed by atoms with E-state index in [4.69, 9.17) is 9.52 Å². The third kappa shape index (κ3) is 4.00. The highest BCUT2D eigenvalue weighted by Gasteiger charge is 2.37. The number of halogens is 6. The Kier molecular flexibility index (Phi) is 4.66. The number of carboxylic acids is 1. The lowest BCUT2D eigenvalue weighted by Gasteiger charge is -2.13. The number of carbonyl (C=O) groups is 1. The van der Waals surface area contributed by atoms with Crippen LogP contribution in [0.5, 0.6) is 0 Å². The highest BCUT2D eigenvalue weighted by Crippen LogP contribution is 2.38. The van der Waals surface area contributed by atoms with Crippen molar-refractivity contribution >= 4 is 5.97 Å². The van der Waals surface area contributed by atoms with E-state index in [1.165, 1.54) is 24.3 Å². The van der Waals surface area contributed by atoms with E-state index in [0.717, 1.165) is 6.26 Å². The maximum absolute atomic E-state index is 13.0. The van der Waals surface area contributed by atoms with Crippen molar-refractivity contribution in [3.05, 3.63) is 65.4 Å². The van der Waals surface area contributed by atoms with E-state index in [2.05, 4.69) is 4.98 Å². The molecule has 146 valence electrons. The van der Waals surface area contributed by atoms with Crippen LogP contribution in [0.15, 0.2) is 53.1 Å². The van der Waals surface area contributed by atoms with Crippen LogP contribution in [0.3, 0.4) is 0 Å². The molecule has 2 aromatic carbocycles. The summed E-state index contributed by atoms with van der Waals surface area (Å²) in [5, 5.41) is 8.86. The van der Waals surface area contributed by atoms with E-state index in [-0.39, 0.29) is 23.2 Å². The van der Waals surface area contributed by atoms with Crippen molar-refractivity contribution in [2.24, 2.45) is 0 Å². The Balaban J connectivity index is 2.03. The van der Waals surface area contributed by atoms with Gasteiger partial charge >= 0.3 is 18.3 Å². The fourth-order valence-corrected chi connectivity index (χ4v) is 2.40. The molecule has 3 rings (SSSR count). The summed E-state index contributed by atoms with van der Waals surface area (Å²) < 4.78 is 82.9. The Morgan fingerprint density at radius 1 is 0.857 bits per heavy atom. The molecule has 0 saturated carbocycles. The van der Waals surface area contributed by atoms with Crippen LogP contribution < -0.4 is 0 Å². The largest absolute Gasteiger partial charge is 0.478 e. The molecule has 0 aliphatic carbocycles. The molecule has 10 heteroatoms. The van der Waals surface area contributed by atoms with E-state index in [1.54, 1.807) is 0 Å². The molecule has 1 heterocycles. The minimum atomic E-state index is -4.98. The number of rotatable bonds is 3. The molecule has 0 amide bonds. The standard InChI is InChI=1S/C18H9F6NO3/c19-17(20,21)12-5-11(6-13(7-12)18(22,23)24)14-8-28-15(25-14)9-1-3-10(4-2-9)16(26)27/h1-8H,(H,26,27). The molecule has 3 aromatic rings. The number of alkyl halides is 6. The van der Waals surface area contributed by atoms with Gasteiger partial charge in [0, 0.05) is 11.1 Å². The number of oxazole rings is 1. The van der Waals surface area contributed by atoms with Gasteiger partial charge in [-0.2, -0.15) is 26.3 Å². The van der Waals surface area contributed by atoms with Gasteiger partial charge in [-0.3, -0.25) is 0 Å². The predicted molar refractivity (Wildman–Crippen MR) is 84.3 cm³/mol. The molecule has 1 aromatic heterocycles. The smallest absolute Gasteiger partial charge is 0.416 e. The molecule has 0 spiro atoms. The summed E-state index contributed by atoms with van der Waals surface area (Å²) in [6.45, 7) is 0. The third-order valence-corrected chi connectivity index (χ3v) is 3.77. The Bertz CT molecular complexity index is 987. The van der Waals surface area contributed by atoms with Crippen LogP contribution in [0, 0.1) is 0 Å². The highest BCUT2D eigenvalue weighted by molar-refractivity contribution is 5.88. The van der Waals surface area contributed by atoms with E-state index >= 15 is 0 Å². The second-order valence-corrected chi connectivity index (χ2v) is 5.71. The van der Waals surface area contributed by atoms with Gasteiger partial charge in [-0.05, 0) is 42.5 Å². The summed E-state index contributed by atoms with van der Waals surface area (Å²) in [4.78, 5) is 14.8. The minimum absolute atomic E-state index is 0.0109. The lowest BCUT2D eigenvalue weighted by molar-refractivity contribution is -0.143. The number of benzene rings is 2. The summed E-state index contributed by atoms with van der Waals surface area (Å²) in [5.74, 6) is -1.25. The van der Waals surface area contributed by atoms with Gasteiger partial charge in [-0.15, -0.1) is 0 Å². The number of hydrogen-bond acceptors (Lipinski definition) is 3. The molecule has 0 atom stereocenters. The molecule has 0 aliphatic heterocycles. The molecule has 28 heavy (non-hydrogen) atoms. The SMILES string of the molecule is O=C(O)c1ccc(-c2nc(-c3cc(C(F)(F)F)cc(C(F)(F)F)c3)co2)cc1. The number of carboxylic acid groups (broad SMARTS) is 1. The maximum atomic E-state index is 13.0. The first kappa shape index (κ1) is 19.5. The number of aromatic nitrogens is 1. The van der Waals surface area contributed by atoms with Crippen LogP contribution in [-0.4, -0.2) is 16.1 Å². The second kappa shape index (κ2) is 6.70. The van der Waals surface area contributed by atoms with Gasteiger partial charge in [-0.25, -0.2) is 9.78 Å². The number of hydrogen-bond donors (Lipinski definition) is 1. The van der Waals surface area contributed by atoms with Gasteiger partial charge < -0.3 is 9.52 Å². The van der Waals surface area contributed by atoms with Gasteiger partial charge in [-0.1, -0.05) is 0 Å². The van der Waals surface area contributed by atoms with E-state index < -0.39 is 35.0 Å². The molecule has 0 aliphatic rings. The first-order valence-electron chi connectivity index (χ1n) is 7.54. The van der Waals surface area contributed by atoms with E-state index in [1.807, 2.05) is 0 Å². The molecule has 0 radical (unpaired) electrons. The maximum Gasteiger partial charge on any atom is 0.416 e. The number of aromatic carboxylic acids is 1. The van der Waals surface area contributed by atoms with Crippen molar-refractivity contribution in [3.8, 4) is 22.7 Å². The predicted octanol–water partition coefficient (Wildman–Crippen LogP) is 5.74. The summed E-state index contributed by atoms with van der Waals surface area (Å²) >= 11 is 0. The van der Waals surface area contributed by atoms with E-state index in [0.29, 0.717) is 17.7 Å². The fourth-order valence-electron chi connectivity index (χ4n) is 2.40. The quantitative estimate of drug-likeness (QED) is 0.568. The highest BCUT2D eigenvalue weighted by atomic mass is 19.4. The number of nitrogens with zero attached hydrogens (tertiary/aromatic N) is 1. The molecule has 1 N–H and O–H groups in total. The molecule has 0 bridgehead atoms. The van der Waals surface area contributed by atoms with Crippen molar-refractivity contribution < 1.29 is 40.7 Å². The van der Waals surface area contributed by atoms with Crippen molar-refractivity contribution in [2.75, 3.05) is 0 Å². The van der Waals surface area contributed by atoms with E-state index in [9.17, 15) is 31.1 Å². The average Bonchev–Trinajstić information content (AvgIpc) is 3.10. The summed E-state index contributed by atoms with van der Waals surface area (Å²) in [5.41, 5.74) is -3.28. The van der Waals surface area contributed by atoms with Gasteiger partial charge in [0.15, 0.2) is 0 Å². The molecule has 4 nitrogen and oxygen atoms in total. The molecular formula is C18H9F6NO3. The lowest BCUT2D eigenvalue weighted by atomic mass is 10.0. The van der Waals surface area contributed by atoms with Crippen molar-refractivity contribution in [1.82, 2.24) is 4.98 Å². The normalized spacial score (nSPS) is 12.2. The zero-order valence-corrected chi connectivity index (χ0v) is 13.6. The Morgan fingerprint density at radius 2 is 1.39 bits per heavy atom. The first-order valence-corrected chi connectivity index (χ1v) is 7.54. The van der Waals surface area contributed by atoms with Crippen molar-refractivity contribution in [1.29, 1.82) is 0 Å². The second-order valence-electron chi connectivity index (χ2n) is 5.71. The van der Waals surface area contributed by atoms with Crippen molar-refractivity contribution in [2.45, 2.75) is 12.4 Å². The zero-order chi connectivity index (χ0) is 20.7.